The lowest BCUT2D eigenvalue weighted by atomic mass is 9.90. The predicted octanol–water partition coefficient (Wildman–Crippen LogP) is 5.39. The third-order valence-corrected chi connectivity index (χ3v) is 8.50. The van der Waals surface area contributed by atoms with Crippen LogP contribution in [0, 0.1) is 0 Å². The molecule has 3 heterocycles. The highest BCUT2D eigenvalue weighted by Crippen LogP contribution is 2.38. The first-order chi connectivity index (χ1) is 18.7. The molecule has 0 radical (unpaired) electrons. The maximum atomic E-state index is 12.2. The summed E-state index contributed by atoms with van der Waals surface area (Å²) >= 11 is 3.93. The SMILES string of the molecule is CC(C)(O)c1ccc2c(c1)/C(=C/CCN1CC[C@H](N(Cc3ccc(Cl)cc3)S(=O)O)C1)c1cccnc1CO2. The molecule has 39 heavy (non-hydrogen) atoms. The summed E-state index contributed by atoms with van der Waals surface area (Å²) < 4.78 is 30.0. The molecule has 0 saturated carbocycles. The summed E-state index contributed by atoms with van der Waals surface area (Å²) in [4.78, 5) is 6.91. The smallest absolute Gasteiger partial charge is 0.235 e. The van der Waals surface area contributed by atoms with Crippen molar-refractivity contribution in [2.45, 2.75) is 51.5 Å². The van der Waals surface area contributed by atoms with Gasteiger partial charge >= 0.3 is 0 Å². The summed E-state index contributed by atoms with van der Waals surface area (Å²) in [5.41, 5.74) is 4.72. The van der Waals surface area contributed by atoms with Crippen molar-refractivity contribution in [3.63, 3.8) is 0 Å². The van der Waals surface area contributed by atoms with Crippen LogP contribution < -0.4 is 4.74 Å². The van der Waals surface area contributed by atoms with Gasteiger partial charge in [-0.05, 0) is 80.3 Å². The molecule has 206 valence electrons. The van der Waals surface area contributed by atoms with Crippen molar-refractivity contribution in [2.75, 3.05) is 19.6 Å². The number of hydrogen-bond acceptors (Lipinski definition) is 5. The van der Waals surface area contributed by atoms with Crippen LogP contribution >= 0.6 is 11.6 Å². The van der Waals surface area contributed by atoms with Gasteiger partial charge in [0.1, 0.15) is 12.4 Å². The number of hydrogen-bond donors (Lipinski definition) is 2. The minimum atomic E-state index is -2.06. The molecule has 2 aromatic carbocycles. The first-order valence-electron chi connectivity index (χ1n) is 13.2. The van der Waals surface area contributed by atoms with Crippen molar-refractivity contribution in [3.05, 3.63) is 99.8 Å². The Kier molecular flexibility index (Phi) is 8.52. The van der Waals surface area contributed by atoms with Gasteiger partial charge in [-0.3, -0.25) is 9.54 Å². The molecule has 2 atom stereocenters. The van der Waals surface area contributed by atoms with Crippen LogP contribution in [0.4, 0.5) is 0 Å². The first kappa shape index (κ1) is 28.0. The molecule has 0 aliphatic carbocycles. The van der Waals surface area contributed by atoms with Crippen molar-refractivity contribution in [2.24, 2.45) is 0 Å². The number of pyridine rings is 1. The largest absolute Gasteiger partial charge is 0.487 e. The summed E-state index contributed by atoms with van der Waals surface area (Å²) in [6, 6.07) is 17.2. The van der Waals surface area contributed by atoms with Gasteiger partial charge in [-0.15, -0.1) is 0 Å². The van der Waals surface area contributed by atoms with Crippen LogP contribution in [0.2, 0.25) is 5.02 Å². The van der Waals surface area contributed by atoms with Gasteiger partial charge in [-0.1, -0.05) is 41.9 Å². The van der Waals surface area contributed by atoms with Crippen LogP contribution in [0.3, 0.4) is 0 Å². The number of rotatable bonds is 8. The topological polar surface area (TPSA) is 86.1 Å². The Balaban J connectivity index is 1.32. The number of benzene rings is 2. The van der Waals surface area contributed by atoms with Gasteiger partial charge in [0, 0.05) is 48.0 Å². The molecule has 9 heteroatoms. The van der Waals surface area contributed by atoms with E-state index in [9.17, 15) is 13.9 Å². The van der Waals surface area contributed by atoms with E-state index in [1.54, 1.807) is 36.5 Å². The van der Waals surface area contributed by atoms with E-state index in [1.165, 1.54) is 0 Å². The molecule has 0 spiro atoms. The van der Waals surface area contributed by atoms with Gasteiger partial charge in [0.2, 0.25) is 11.3 Å². The molecule has 1 fully saturated rings. The third kappa shape index (κ3) is 6.60. The summed E-state index contributed by atoms with van der Waals surface area (Å²) in [7, 11) is 0. The van der Waals surface area contributed by atoms with Gasteiger partial charge in [0.15, 0.2) is 0 Å². The van der Waals surface area contributed by atoms with Crippen LogP contribution in [0.5, 0.6) is 5.75 Å². The second kappa shape index (κ2) is 11.9. The summed E-state index contributed by atoms with van der Waals surface area (Å²) in [6.07, 6.45) is 5.63. The monoisotopic (exact) mass is 567 g/mol. The highest BCUT2D eigenvalue weighted by molar-refractivity contribution is 7.76. The van der Waals surface area contributed by atoms with E-state index in [4.69, 9.17) is 16.3 Å². The summed E-state index contributed by atoms with van der Waals surface area (Å²) in [5.74, 6) is 0.775. The molecule has 1 saturated heterocycles. The normalized spacial score (nSPS) is 19.4. The number of aromatic nitrogens is 1. The minimum absolute atomic E-state index is 0.00885. The molecule has 0 bridgehead atoms. The number of ether oxygens (including phenoxy) is 1. The molecule has 0 amide bonds. The lowest BCUT2D eigenvalue weighted by Gasteiger charge is -2.25. The van der Waals surface area contributed by atoms with Crippen LogP contribution in [0.1, 0.15) is 54.6 Å². The van der Waals surface area contributed by atoms with E-state index < -0.39 is 16.9 Å². The van der Waals surface area contributed by atoms with Crippen LogP contribution in [0.25, 0.3) is 5.57 Å². The van der Waals surface area contributed by atoms with Crippen LogP contribution in [-0.4, -0.2) is 53.7 Å². The Morgan fingerprint density at radius 2 is 2.00 bits per heavy atom. The fraction of sp³-hybridized carbons (Fsp3) is 0.367. The van der Waals surface area contributed by atoms with Crippen molar-refractivity contribution < 1.29 is 18.6 Å². The van der Waals surface area contributed by atoms with Gasteiger partial charge in [0.25, 0.3) is 0 Å². The van der Waals surface area contributed by atoms with E-state index >= 15 is 0 Å². The zero-order valence-corrected chi connectivity index (χ0v) is 23.8. The Bertz CT molecular complexity index is 1370. The number of fused-ring (bicyclic) bond motifs is 2. The molecular weight excluding hydrogens is 534 g/mol. The number of halogens is 1. The van der Waals surface area contributed by atoms with E-state index in [1.807, 2.05) is 36.4 Å². The van der Waals surface area contributed by atoms with Crippen LogP contribution in [0.15, 0.2) is 66.9 Å². The van der Waals surface area contributed by atoms with Crippen molar-refractivity contribution >= 4 is 28.4 Å². The molecule has 1 aromatic heterocycles. The van der Waals surface area contributed by atoms with E-state index in [-0.39, 0.29) is 6.04 Å². The Hall–Kier alpha value is -2.59. The van der Waals surface area contributed by atoms with E-state index in [0.717, 1.165) is 71.7 Å². The molecule has 3 aromatic rings. The highest BCUT2D eigenvalue weighted by atomic mass is 35.5. The second-order valence-corrected chi connectivity index (χ2v) is 12.0. The van der Waals surface area contributed by atoms with Gasteiger partial charge in [-0.2, -0.15) is 4.31 Å². The number of aliphatic hydroxyl groups is 1. The highest BCUT2D eigenvalue weighted by Gasteiger charge is 2.31. The minimum Gasteiger partial charge on any atom is -0.487 e. The molecule has 5 rings (SSSR count). The van der Waals surface area contributed by atoms with Crippen molar-refractivity contribution in [3.8, 4) is 5.75 Å². The fourth-order valence-electron chi connectivity index (χ4n) is 5.28. The van der Waals surface area contributed by atoms with Crippen molar-refractivity contribution in [1.82, 2.24) is 14.2 Å². The Morgan fingerprint density at radius 1 is 1.21 bits per heavy atom. The zero-order valence-electron chi connectivity index (χ0n) is 22.2. The van der Waals surface area contributed by atoms with Gasteiger partial charge in [-0.25, -0.2) is 4.21 Å². The van der Waals surface area contributed by atoms with Gasteiger partial charge < -0.3 is 14.7 Å². The maximum Gasteiger partial charge on any atom is 0.235 e. The molecule has 2 N–H and O–H groups in total. The predicted molar refractivity (Wildman–Crippen MR) is 155 cm³/mol. The third-order valence-electron chi connectivity index (χ3n) is 7.42. The number of nitrogens with zero attached hydrogens (tertiary/aromatic N) is 3. The first-order valence-corrected chi connectivity index (χ1v) is 14.6. The lowest BCUT2D eigenvalue weighted by molar-refractivity contribution is 0.0785. The molecule has 2 aliphatic heterocycles. The Labute approximate surface area is 237 Å². The van der Waals surface area contributed by atoms with Crippen molar-refractivity contribution in [1.29, 1.82) is 0 Å². The van der Waals surface area contributed by atoms with Gasteiger partial charge in [0.05, 0.1) is 11.3 Å². The molecule has 7 nitrogen and oxygen atoms in total. The van der Waals surface area contributed by atoms with E-state index in [0.29, 0.717) is 18.2 Å². The molecular formula is C30H34ClN3O4S. The average Bonchev–Trinajstić information content (AvgIpc) is 3.31. The quantitative estimate of drug-likeness (QED) is 0.355. The molecule has 2 aliphatic rings. The summed E-state index contributed by atoms with van der Waals surface area (Å²) in [6.45, 7) is 6.76. The average molecular weight is 568 g/mol. The Morgan fingerprint density at radius 3 is 2.74 bits per heavy atom. The maximum absolute atomic E-state index is 12.2. The summed E-state index contributed by atoms with van der Waals surface area (Å²) in [5, 5.41) is 11.3. The van der Waals surface area contributed by atoms with E-state index in [2.05, 4.69) is 22.0 Å². The van der Waals surface area contributed by atoms with Crippen LogP contribution in [-0.2, 0) is 30.0 Å². The number of likely N-dealkylation sites (tertiary alicyclic amines) is 1. The zero-order chi connectivity index (χ0) is 27.6. The molecule has 1 unspecified atom stereocenters. The fourth-order valence-corrected chi connectivity index (χ4v) is 6.09. The second-order valence-electron chi connectivity index (χ2n) is 10.6. The standard InChI is InChI=1S/C30H34ClN3O4S/c1-30(2,35)22-9-12-29-27(17-22)25(26-5-3-14-32-28(26)20-38-29)6-4-15-33-16-13-24(19-33)34(39(36)37)18-21-7-10-23(31)11-8-21/h3,5-12,14,17,24,35H,4,13,15-16,18-20H2,1-2H3,(H,36,37)/b25-6+/t24-/m0/s1. The lowest BCUT2D eigenvalue weighted by Crippen LogP contribution is -2.38.